The van der Waals surface area contributed by atoms with Crippen LogP contribution in [0, 0.1) is 6.92 Å². The minimum absolute atomic E-state index is 0.0101. The number of carboxylic acid groups (broad SMARTS) is 1. The molecule has 0 aromatic carbocycles. The van der Waals surface area contributed by atoms with E-state index < -0.39 is 5.97 Å². The van der Waals surface area contributed by atoms with Crippen LogP contribution in [0.1, 0.15) is 22.5 Å². The molecule has 19 heavy (non-hydrogen) atoms. The van der Waals surface area contributed by atoms with Gasteiger partial charge in [-0.2, -0.15) is 5.10 Å². The van der Waals surface area contributed by atoms with E-state index in [0.717, 1.165) is 18.8 Å². The zero-order chi connectivity index (χ0) is 13.8. The maximum Gasteiger partial charge on any atom is 0.304 e. The van der Waals surface area contributed by atoms with Crippen molar-refractivity contribution in [2.45, 2.75) is 13.3 Å². The van der Waals surface area contributed by atoms with Crippen molar-refractivity contribution in [3.8, 4) is 0 Å². The molecule has 1 saturated heterocycles. The van der Waals surface area contributed by atoms with Crippen molar-refractivity contribution in [1.82, 2.24) is 20.0 Å². The van der Waals surface area contributed by atoms with Crippen LogP contribution in [0.25, 0.3) is 0 Å². The molecule has 0 radical (unpaired) electrons. The minimum Gasteiger partial charge on any atom is -0.481 e. The van der Waals surface area contributed by atoms with Gasteiger partial charge in [-0.05, 0) is 6.92 Å². The number of carboxylic acids is 1. The fourth-order valence-electron chi connectivity index (χ4n) is 2.16. The number of H-pyrrole nitrogens is 1. The summed E-state index contributed by atoms with van der Waals surface area (Å²) in [7, 11) is 0. The first kappa shape index (κ1) is 13.5. The summed E-state index contributed by atoms with van der Waals surface area (Å²) in [6, 6.07) is 0. The van der Waals surface area contributed by atoms with Gasteiger partial charge in [-0.1, -0.05) is 0 Å². The lowest BCUT2D eigenvalue weighted by atomic mass is 10.2. The van der Waals surface area contributed by atoms with Gasteiger partial charge in [-0.25, -0.2) is 0 Å². The Morgan fingerprint density at radius 3 is 2.58 bits per heavy atom. The average Bonchev–Trinajstić information content (AvgIpc) is 2.82. The molecular weight excluding hydrogens is 248 g/mol. The van der Waals surface area contributed by atoms with Gasteiger partial charge in [-0.15, -0.1) is 0 Å². The fraction of sp³-hybridized carbons (Fsp3) is 0.583. The average molecular weight is 266 g/mol. The molecule has 0 saturated carbocycles. The van der Waals surface area contributed by atoms with Crippen molar-refractivity contribution in [2.24, 2.45) is 0 Å². The van der Waals surface area contributed by atoms with E-state index in [-0.39, 0.29) is 12.3 Å². The number of piperazine rings is 1. The number of nitrogens with one attached hydrogen (secondary N) is 1. The van der Waals surface area contributed by atoms with Gasteiger partial charge in [0.25, 0.3) is 5.91 Å². The van der Waals surface area contributed by atoms with E-state index in [9.17, 15) is 9.59 Å². The van der Waals surface area contributed by atoms with Crippen molar-refractivity contribution in [2.75, 3.05) is 32.7 Å². The van der Waals surface area contributed by atoms with Gasteiger partial charge in [0.15, 0.2) is 0 Å². The second kappa shape index (κ2) is 5.83. The van der Waals surface area contributed by atoms with Crippen LogP contribution in [0.15, 0.2) is 6.20 Å². The van der Waals surface area contributed by atoms with Crippen molar-refractivity contribution >= 4 is 11.9 Å². The Balaban J connectivity index is 1.85. The Kier molecular flexibility index (Phi) is 4.16. The molecule has 1 aromatic rings. The molecule has 1 amide bonds. The fourth-order valence-corrected chi connectivity index (χ4v) is 2.16. The van der Waals surface area contributed by atoms with E-state index in [1.807, 2.05) is 6.92 Å². The molecule has 1 fully saturated rings. The Bertz CT molecular complexity index is 463. The van der Waals surface area contributed by atoms with Crippen LogP contribution in [-0.4, -0.2) is 69.7 Å². The third kappa shape index (κ3) is 3.31. The number of aryl methyl sites for hydroxylation is 1. The largest absolute Gasteiger partial charge is 0.481 e. The molecule has 1 aliphatic heterocycles. The van der Waals surface area contributed by atoms with Gasteiger partial charge in [0.05, 0.1) is 18.2 Å². The van der Waals surface area contributed by atoms with E-state index in [4.69, 9.17) is 5.11 Å². The molecule has 7 nitrogen and oxygen atoms in total. The summed E-state index contributed by atoms with van der Waals surface area (Å²) in [6.07, 6.45) is 1.70. The van der Waals surface area contributed by atoms with Gasteiger partial charge in [-0.3, -0.25) is 19.6 Å². The van der Waals surface area contributed by atoms with Crippen LogP contribution in [0.4, 0.5) is 0 Å². The second-order valence-electron chi connectivity index (χ2n) is 4.69. The number of nitrogens with zero attached hydrogens (tertiary/aromatic N) is 3. The van der Waals surface area contributed by atoms with Crippen molar-refractivity contribution in [1.29, 1.82) is 0 Å². The van der Waals surface area contributed by atoms with Crippen molar-refractivity contribution in [3.63, 3.8) is 0 Å². The molecule has 2 heterocycles. The highest BCUT2D eigenvalue weighted by Crippen LogP contribution is 2.10. The first-order chi connectivity index (χ1) is 9.08. The molecule has 1 aliphatic rings. The summed E-state index contributed by atoms with van der Waals surface area (Å²) in [5.74, 6) is -0.795. The molecule has 0 unspecified atom stereocenters. The summed E-state index contributed by atoms with van der Waals surface area (Å²) in [5.41, 5.74) is 1.39. The molecule has 0 bridgehead atoms. The van der Waals surface area contributed by atoms with Crippen LogP contribution in [0.3, 0.4) is 0 Å². The maximum absolute atomic E-state index is 12.2. The third-order valence-electron chi connectivity index (χ3n) is 3.36. The molecule has 2 N–H and O–H groups in total. The van der Waals surface area contributed by atoms with E-state index >= 15 is 0 Å². The zero-order valence-electron chi connectivity index (χ0n) is 10.9. The lowest BCUT2D eigenvalue weighted by Crippen LogP contribution is -2.49. The molecule has 0 atom stereocenters. The van der Waals surface area contributed by atoms with E-state index in [1.54, 1.807) is 11.1 Å². The Labute approximate surface area is 111 Å². The molecule has 0 spiro atoms. The topological polar surface area (TPSA) is 89.5 Å². The van der Waals surface area contributed by atoms with Crippen LogP contribution in [-0.2, 0) is 4.79 Å². The van der Waals surface area contributed by atoms with E-state index in [0.29, 0.717) is 25.2 Å². The number of hydrogen-bond acceptors (Lipinski definition) is 4. The summed E-state index contributed by atoms with van der Waals surface area (Å²) in [6.45, 7) is 5.06. The molecule has 1 aromatic heterocycles. The number of hydrogen-bond donors (Lipinski definition) is 2. The predicted molar refractivity (Wildman–Crippen MR) is 67.9 cm³/mol. The Morgan fingerprint density at radius 2 is 2.05 bits per heavy atom. The SMILES string of the molecule is Cc1[nH]ncc1C(=O)N1CCN(CCC(=O)O)CC1. The van der Waals surface area contributed by atoms with Gasteiger partial charge >= 0.3 is 5.97 Å². The summed E-state index contributed by atoms with van der Waals surface area (Å²) in [4.78, 5) is 26.6. The number of aromatic nitrogens is 2. The third-order valence-corrected chi connectivity index (χ3v) is 3.36. The van der Waals surface area contributed by atoms with Crippen LogP contribution in [0.2, 0.25) is 0 Å². The summed E-state index contributed by atoms with van der Waals surface area (Å²) >= 11 is 0. The first-order valence-corrected chi connectivity index (χ1v) is 6.31. The molecular formula is C12H18N4O3. The number of aliphatic carboxylic acids is 1. The van der Waals surface area contributed by atoms with Crippen LogP contribution in [0.5, 0.6) is 0 Å². The highest BCUT2D eigenvalue weighted by molar-refractivity contribution is 5.95. The van der Waals surface area contributed by atoms with Gasteiger partial charge in [0.2, 0.25) is 0 Å². The molecule has 104 valence electrons. The Morgan fingerprint density at radius 1 is 1.37 bits per heavy atom. The minimum atomic E-state index is -0.785. The first-order valence-electron chi connectivity index (χ1n) is 6.31. The van der Waals surface area contributed by atoms with Crippen molar-refractivity contribution < 1.29 is 14.7 Å². The standard InChI is InChI=1S/C12H18N4O3/c1-9-10(8-13-14-9)12(19)16-6-4-15(5-7-16)3-2-11(17)18/h8H,2-7H2,1H3,(H,13,14)(H,17,18). The van der Waals surface area contributed by atoms with E-state index in [2.05, 4.69) is 15.1 Å². The van der Waals surface area contributed by atoms with Gasteiger partial charge in [0, 0.05) is 38.4 Å². The molecule has 7 heteroatoms. The van der Waals surface area contributed by atoms with Crippen molar-refractivity contribution in [3.05, 3.63) is 17.5 Å². The van der Waals surface area contributed by atoms with Crippen LogP contribution >= 0.6 is 0 Å². The highest BCUT2D eigenvalue weighted by Gasteiger charge is 2.23. The predicted octanol–water partition coefficient (Wildman–Crippen LogP) is -0.0494. The van der Waals surface area contributed by atoms with E-state index in [1.165, 1.54) is 0 Å². The normalized spacial score (nSPS) is 16.6. The summed E-state index contributed by atoms with van der Waals surface area (Å²) < 4.78 is 0. The smallest absolute Gasteiger partial charge is 0.304 e. The number of carbonyl (C=O) groups is 2. The molecule has 2 rings (SSSR count). The van der Waals surface area contributed by atoms with Gasteiger partial charge in [0.1, 0.15) is 0 Å². The number of carbonyl (C=O) groups excluding carboxylic acids is 1. The lowest BCUT2D eigenvalue weighted by molar-refractivity contribution is -0.137. The zero-order valence-corrected chi connectivity index (χ0v) is 10.9. The van der Waals surface area contributed by atoms with Gasteiger partial charge < -0.3 is 10.0 Å². The number of rotatable bonds is 4. The number of aromatic amines is 1. The highest BCUT2D eigenvalue weighted by atomic mass is 16.4. The Hall–Kier alpha value is -1.89. The number of amides is 1. The monoisotopic (exact) mass is 266 g/mol. The summed E-state index contributed by atoms with van der Waals surface area (Å²) in [5, 5.41) is 15.2. The quantitative estimate of drug-likeness (QED) is 0.797. The maximum atomic E-state index is 12.2. The second-order valence-corrected chi connectivity index (χ2v) is 4.69. The lowest BCUT2D eigenvalue weighted by Gasteiger charge is -2.34. The molecule has 0 aliphatic carbocycles. The van der Waals surface area contributed by atoms with Crippen LogP contribution < -0.4 is 0 Å².